The van der Waals surface area contributed by atoms with Crippen molar-refractivity contribution in [3.63, 3.8) is 0 Å². The van der Waals surface area contributed by atoms with E-state index in [1.807, 2.05) is 37.3 Å². The van der Waals surface area contributed by atoms with Crippen LogP contribution in [0.3, 0.4) is 0 Å². The van der Waals surface area contributed by atoms with Gasteiger partial charge in [-0.25, -0.2) is 0 Å². The minimum Gasteiger partial charge on any atom is -0.455 e. The molecule has 3 fully saturated rings. The van der Waals surface area contributed by atoms with Crippen molar-refractivity contribution >= 4 is 39.6 Å². The van der Waals surface area contributed by atoms with Crippen LogP contribution in [0.1, 0.15) is 71.0 Å². The second-order valence-corrected chi connectivity index (χ2v) is 14.2. The van der Waals surface area contributed by atoms with E-state index in [1.165, 1.54) is 4.90 Å². The van der Waals surface area contributed by atoms with Crippen LogP contribution in [0.15, 0.2) is 55.6 Å². The van der Waals surface area contributed by atoms with Crippen LogP contribution in [0.2, 0.25) is 0 Å². The van der Waals surface area contributed by atoms with Gasteiger partial charge in [0.1, 0.15) is 17.7 Å². The standard InChI is InChI=1S/C36H50BrN3O7/c1-7-10-15-20-39(19-9-3)34(44)32-36-21-26(37)31(47-36)28(29(36)33(43)40(32)23(4)22-41)35(45)46-30(25-16-13-12-14-17-25)24(5)38(6)27(42)18-11-8-2/h8-9,12-14,16-17,23-24,26,28-32,41H,2-3,7,10-11,15,18-22H2,1,4-6H3/t23-,24-,26?,28-,29+,30+,31-,32-,36+/m1/s1. The van der Waals surface area contributed by atoms with Gasteiger partial charge in [0.2, 0.25) is 17.7 Å². The van der Waals surface area contributed by atoms with Crippen LogP contribution in [0.4, 0.5) is 0 Å². The Bertz CT molecular complexity index is 1310. The zero-order valence-corrected chi connectivity index (χ0v) is 29.6. The van der Waals surface area contributed by atoms with Gasteiger partial charge >= 0.3 is 5.97 Å². The van der Waals surface area contributed by atoms with Crippen LogP contribution in [0, 0.1) is 11.8 Å². The van der Waals surface area contributed by atoms with Gasteiger partial charge in [0.15, 0.2) is 0 Å². The Hall–Kier alpha value is -3.02. The van der Waals surface area contributed by atoms with Crippen molar-refractivity contribution in [3.8, 4) is 0 Å². The van der Waals surface area contributed by atoms with Gasteiger partial charge in [0.05, 0.1) is 36.6 Å². The lowest BCUT2D eigenvalue weighted by molar-refractivity contribution is -0.165. The molecule has 3 amide bonds. The maximum atomic E-state index is 14.4. The monoisotopic (exact) mass is 715 g/mol. The van der Waals surface area contributed by atoms with Gasteiger partial charge in [-0.05, 0) is 38.7 Å². The molecule has 4 rings (SSSR count). The number of fused-ring (bicyclic) bond motifs is 1. The normalized spacial score (nSPS) is 27.9. The average molecular weight is 717 g/mol. The number of aliphatic hydroxyl groups excluding tert-OH is 1. The summed E-state index contributed by atoms with van der Waals surface area (Å²) in [5.74, 6) is -3.39. The summed E-state index contributed by atoms with van der Waals surface area (Å²) in [7, 11) is 1.68. The summed E-state index contributed by atoms with van der Waals surface area (Å²) in [6, 6.07) is 6.99. The predicted octanol–water partition coefficient (Wildman–Crippen LogP) is 4.42. The van der Waals surface area contributed by atoms with E-state index in [1.54, 1.807) is 35.9 Å². The molecular formula is C36H50BrN3O7. The number of allylic oxidation sites excluding steroid dienone is 1. The number of aliphatic hydroxyl groups is 1. The number of benzene rings is 1. The molecule has 9 atom stereocenters. The van der Waals surface area contributed by atoms with Crippen molar-refractivity contribution in [1.29, 1.82) is 0 Å². The lowest BCUT2D eigenvalue weighted by Crippen LogP contribution is -2.58. The van der Waals surface area contributed by atoms with E-state index >= 15 is 0 Å². The quantitative estimate of drug-likeness (QED) is 0.110. The van der Waals surface area contributed by atoms with E-state index in [9.17, 15) is 24.3 Å². The molecule has 0 radical (unpaired) electrons. The number of carbonyl (C=O) groups is 4. The number of alkyl halides is 1. The molecule has 1 aromatic rings. The highest BCUT2D eigenvalue weighted by molar-refractivity contribution is 9.09. The zero-order valence-electron chi connectivity index (χ0n) is 28.1. The van der Waals surface area contributed by atoms with Gasteiger partial charge in [-0.3, -0.25) is 19.2 Å². The number of rotatable bonds is 17. The molecule has 3 aliphatic heterocycles. The third kappa shape index (κ3) is 7.08. The Morgan fingerprint density at radius 1 is 1.19 bits per heavy atom. The maximum Gasteiger partial charge on any atom is 0.313 e. The molecule has 0 aromatic heterocycles. The summed E-state index contributed by atoms with van der Waals surface area (Å²) in [5.41, 5.74) is -0.574. The maximum absolute atomic E-state index is 14.4. The Balaban J connectivity index is 1.70. The Morgan fingerprint density at radius 2 is 1.89 bits per heavy atom. The lowest BCUT2D eigenvalue weighted by atomic mass is 9.70. The van der Waals surface area contributed by atoms with Gasteiger partial charge in [0, 0.05) is 31.4 Å². The number of nitrogens with zero attached hydrogens (tertiary/aromatic N) is 3. The molecule has 2 bridgehead atoms. The summed E-state index contributed by atoms with van der Waals surface area (Å²) < 4.78 is 13.0. The smallest absolute Gasteiger partial charge is 0.313 e. The molecule has 258 valence electrons. The molecule has 47 heavy (non-hydrogen) atoms. The highest BCUT2D eigenvalue weighted by Crippen LogP contribution is 2.61. The SMILES string of the molecule is C=CCCC(=O)N(C)[C@H](C)[C@H](OC(=O)[C@H]1[C@@H]2O[C@@]3(CC2Br)[C@@H]1C(=O)N([C@H](C)CO)[C@@H]3C(=O)N(CC=C)CCCCC)c1ccccc1. The molecule has 11 heteroatoms. The number of amides is 3. The first-order valence-corrected chi connectivity index (χ1v) is 17.7. The van der Waals surface area contributed by atoms with Gasteiger partial charge in [-0.15, -0.1) is 13.2 Å². The Kier molecular flexibility index (Phi) is 12.5. The molecule has 1 spiro atoms. The van der Waals surface area contributed by atoms with Crippen molar-refractivity contribution in [2.75, 3.05) is 26.7 Å². The number of unbranched alkanes of at least 4 members (excludes halogenated alkanes) is 2. The van der Waals surface area contributed by atoms with E-state index in [0.717, 1.165) is 19.3 Å². The number of likely N-dealkylation sites (N-methyl/N-ethyl adjacent to an activating group) is 1. The number of esters is 1. The van der Waals surface area contributed by atoms with E-state index in [0.29, 0.717) is 31.5 Å². The number of halogens is 1. The van der Waals surface area contributed by atoms with Crippen LogP contribution >= 0.6 is 15.9 Å². The van der Waals surface area contributed by atoms with E-state index < -0.39 is 59.6 Å². The highest BCUT2D eigenvalue weighted by atomic mass is 79.9. The lowest BCUT2D eigenvalue weighted by Gasteiger charge is -2.38. The number of ether oxygens (including phenoxy) is 2. The van der Waals surface area contributed by atoms with Crippen LogP contribution in [0.25, 0.3) is 0 Å². The summed E-state index contributed by atoms with van der Waals surface area (Å²) in [6.45, 7) is 13.6. The molecule has 1 N–H and O–H groups in total. The largest absolute Gasteiger partial charge is 0.455 e. The van der Waals surface area contributed by atoms with Crippen LogP contribution in [-0.2, 0) is 28.7 Å². The number of hydrogen-bond acceptors (Lipinski definition) is 7. The van der Waals surface area contributed by atoms with E-state index in [4.69, 9.17) is 9.47 Å². The summed E-state index contributed by atoms with van der Waals surface area (Å²) in [5, 5.41) is 10.2. The second kappa shape index (κ2) is 15.9. The number of hydrogen-bond donors (Lipinski definition) is 1. The molecule has 3 aliphatic rings. The highest BCUT2D eigenvalue weighted by Gasteiger charge is 2.77. The minimum atomic E-state index is -1.28. The van der Waals surface area contributed by atoms with Gasteiger partial charge in [0.25, 0.3) is 0 Å². The van der Waals surface area contributed by atoms with Crippen molar-refractivity contribution in [3.05, 3.63) is 61.2 Å². The van der Waals surface area contributed by atoms with Gasteiger partial charge in [-0.2, -0.15) is 0 Å². The summed E-state index contributed by atoms with van der Waals surface area (Å²) >= 11 is 3.72. The van der Waals surface area contributed by atoms with Crippen molar-refractivity contribution in [2.45, 2.75) is 100 Å². The second-order valence-electron chi connectivity index (χ2n) is 13.1. The van der Waals surface area contributed by atoms with Gasteiger partial charge < -0.3 is 29.3 Å². The Labute approximate surface area is 287 Å². The number of carbonyl (C=O) groups excluding carboxylic acids is 4. The molecule has 10 nitrogen and oxygen atoms in total. The molecule has 1 unspecified atom stereocenters. The minimum absolute atomic E-state index is 0.110. The zero-order chi connectivity index (χ0) is 34.5. The van der Waals surface area contributed by atoms with E-state index in [-0.39, 0.29) is 29.7 Å². The molecule has 1 aromatic carbocycles. The van der Waals surface area contributed by atoms with Crippen molar-refractivity contribution < 1.29 is 33.8 Å². The topological polar surface area (TPSA) is 117 Å². The molecule has 0 aliphatic carbocycles. The molecular weight excluding hydrogens is 666 g/mol. The first-order valence-electron chi connectivity index (χ1n) is 16.8. The third-order valence-electron chi connectivity index (χ3n) is 10.0. The number of likely N-dealkylation sites (tertiary alicyclic amines) is 1. The predicted molar refractivity (Wildman–Crippen MR) is 182 cm³/mol. The summed E-state index contributed by atoms with van der Waals surface area (Å²) in [6.07, 6.45) is 5.70. The fourth-order valence-corrected chi connectivity index (χ4v) is 8.42. The fourth-order valence-electron chi connectivity index (χ4n) is 7.47. The summed E-state index contributed by atoms with van der Waals surface area (Å²) in [4.78, 5) is 60.6. The van der Waals surface area contributed by atoms with Crippen molar-refractivity contribution in [2.24, 2.45) is 11.8 Å². The van der Waals surface area contributed by atoms with Crippen molar-refractivity contribution in [1.82, 2.24) is 14.7 Å². The van der Waals surface area contributed by atoms with E-state index in [2.05, 4.69) is 36.0 Å². The molecule has 0 saturated carbocycles. The van der Waals surface area contributed by atoms with Gasteiger partial charge in [-0.1, -0.05) is 78.2 Å². The Morgan fingerprint density at radius 3 is 2.51 bits per heavy atom. The first-order chi connectivity index (χ1) is 22.5. The molecule has 3 saturated heterocycles. The van der Waals surface area contributed by atoms with Crippen LogP contribution < -0.4 is 0 Å². The average Bonchev–Trinajstić information content (AvgIpc) is 3.67. The van der Waals surface area contributed by atoms with Crippen LogP contribution in [0.5, 0.6) is 0 Å². The fraction of sp³-hybridized carbons (Fsp3) is 0.611. The van der Waals surface area contributed by atoms with Crippen LogP contribution in [-0.4, -0.2) is 105 Å². The third-order valence-corrected chi connectivity index (χ3v) is 10.9. The first kappa shape index (κ1) is 36.8. The molecule has 3 heterocycles.